The summed E-state index contributed by atoms with van der Waals surface area (Å²) in [5, 5.41) is 1.34. The summed E-state index contributed by atoms with van der Waals surface area (Å²) in [6.45, 7) is 2.98. The van der Waals surface area contributed by atoms with Gasteiger partial charge in [-0.25, -0.2) is 0 Å². The second-order valence-electron chi connectivity index (χ2n) is 5.10. The highest BCUT2D eigenvalue weighted by molar-refractivity contribution is 5.89. The third-order valence-corrected chi connectivity index (χ3v) is 3.83. The minimum atomic E-state index is 0.240. The fraction of sp³-hybridized carbons (Fsp3) is 0.467. The molecule has 1 aromatic carbocycles. The van der Waals surface area contributed by atoms with Gasteiger partial charge in [0, 0.05) is 28.7 Å². The average molecular weight is 244 g/mol. The number of rotatable bonds is 3. The molecule has 1 atom stereocenters. The molecule has 1 aliphatic heterocycles. The van der Waals surface area contributed by atoms with E-state index in [0.29, 0.717) is 0 Å². The Kier molecular flexibility index (Phi) is 3.00. The molecule has 96 valence electrons. The summed E-state index contributed by atoms with van der Waals surface area (Å²) in [4.78, 5) is 3.36. The van der Waals surface area contributed by atoms with E-state index in [1.807, 2.05) is 0 Å². The Morgan fingerprint density at radius 3 is 3.17 bits per heavy atom. The molecule has 1 aliphatic rings. The number of aromatic nitrogens is 1. The van der Waals surface area contributed by atoms with Crippen LogP contribution < -0.4 is 10.5 Å². The van der Waals surface area contributed by atoms with E-state index in [2.05, 4.69) is 30.2 Å². The third-order valence-electron chi connectivity index (χ3n) is 3.83. The first-order valence-corrected chi connectivity index (χ1v) is 6.79. The molecule has 0 radical (unpaired) electrons. The molecule has 1 aromatic heterocycles. The van der Waals surface area contributed by atoms with Gasteiger partial charge in [0.1, 0.15) is 5.75 Å². The highest BCUT2D eigenvalue weighted by Crippen LogP contribution is 2.34. The zero-order valence-electron chi connectivity index (χ0n) is 10.8. The van der Waals surface area contributed by atoms with Gasteiger partial charge in [-0.2, -0.15) is 0 Å². The molecule has 0 saturated heterocycles. The van der Waals surface area contributed by atoms with Crippen LogP contribution in [0.5, 0.6) is 5.75 Å². The summed E-state index contributed by atoms with van der Waals surface area (Å²) < 4.78 is 5.74. The summed E-state index contributed by atoms with van der Waals surface area (Å²) in [6, 6.07) is 4.43. The van der Waals surface area contributed by atoms with E-state index in [-0.39, 0.29) is 6.04 Å². The van der Waals surface area contributed by atoms with Gasteiger partial charge in [0.05, 0.1) is 6.61 Å². The highest BCUT2D eigenvalue weighted by Gasteiger charge is 2.17. The average Bonchev–Trinajstić information content (AvgIpc) is 2.82. The van der Waals surface area contributed by atoms with Crippen LogP contribution >= 0.6 is 0 Å². The van der Waals surface area contributed by atoms with Crippen molar-refractivity contribution in [3.8, 4) is 5.75 Å². The minimum absolute atomic E-state index is 0.240. The van der Waals surface area contributed by atoms with Crippen molar-refractivity contribution in [1.29, 1.82) is 0 Å². The molecule has 0 fully saturated rings. The van der Waals surface area contributed by atoms with Crippen molar-refractivity contribution in [2.24, 2.45) is 5.73 Å². The number of hydrogen-bond donors (Lipinski definition) is 2. The molecule has 18 heavy (non-hydrogen) atoms. The number of ether oxygens (including phenoxy) is 1. The fourth-order valence-electron chi connectivity index (χ4n) is 2.76. The van der Waals surface area contributed by atoms with Gasteiger partial charge in [-0.3, -0.25) is 0 Å². The van der Waals surface area contributed by atoms with E-state index in [0.717, 1.165) is 38.0 Å². The second-order valence-corrected chi connectivity index (χ2v) is 5.10. The lowest BCUT2D eigenvalue weighted by Crippen LogP contribution is -2.21. The lowest BCUT2D eigenvalue weighted by Gasteiger charge is -2.19. The van der Waals surface area contributed by atoms with Gasteiger partial charge < -0.3 is 15.5 Å². The summed E-state index contributed by atoms with van der Waals surface area (Å²) in [6.07, 6.45) is 6.27. The van der Waals surface area contributed by atoms with Gasteiger partial charge in [-0.15, -0.1) is 0 Å². The van der Waals surface area contributed by atoms with Gasteiger partial charge in [0.2, 0.25) is 0 Å². The maximum atomic E-state index is 6.09. The zero-order chi connectivity index (χ0) is 12.5. The number of nitrogens with two attached hydrogens (primary N) is 1. The highest BCUT2D eigenvalue weighted by atomic mass is 16.5. The topological polar surface area (TPSA) is 51.0 Å². The van der Waals surface area contributed by atoms with Gasteiger partial charge in [-0.05, 0) is 43.4 Å². The smallest absolute Gasteiger partial charge is 0.123 e. The van der Waals surface area contributed by atoms with Gasteiger partial charge in [0.25, 0.3) is 0 Å². The van der Waals surface area contributed by atoms with E-state index in [9.17, 15) is 0 Å². The third kappa shape index (κ3) is 1.89. The molecule has 3 rings (SSSR count). The van der Waals surface area contributed by atoms with Gasteiger partial charge >= 0.3 is 0 Å². The Morgan fingerprint density at radius 2 is 2.33 bits per heavy atom. The zero-order valence-corrected chi connectivity index (χ0v) is 10.8. The van der Waals surface area contributed by atoms with Crippen LogP contribution in [0.15, 0.2) is 18.3 Å². The molecule has 3 nitrogen and oxygen atoms in total. The molecule has 2 aromatic rings. The van der Waals surface area contributed by atoms with Crippen LogP contribution in [0, 0.1) is 0 Å². The van der Waals surface area contributed by atoms with Crippen molar-refractivity contribution in [2.75, 3.05) is 6.61 Å². The molecule has 0 amide bonds. The van der Waals surface area contributed by atoms with Crippen molar-refractivity contribution >= 4 is 10.9 Å². The SMILES string of the molecule is CC[C@H](N)Cc1c[nH]c2ccc3c(c12)CCCO3. The molecular weight excluding hydrogens is 224 g/mol. The number of aryl methyl sites for hydroxylation is 1. The Bertz CT molecular complexity index is 559. The van der Waals surface area contributed by atoms with Gasteiger partial charge in [0.15, 0.2) is 0 Å². The predicted octanol–water partition coefficient (Wildman–Crippen LogP) is 2.77. The van der Waals surface area contributed by atoms with Crippen molar-refractivity contribution in [2.45, 2.75) is 38.6 Å². The quantitative estimate of drug-likeness (QED) is 0.872. The standard InChI is InChI=1S/C15H20N2O/c1-2-11(16)8-10-9-17-13-5-6-14-12(15(10)13)4-3-7-18-14/h5-6,9,11,17H,2-4,7-8,16H2,1H3/t11-/m0/s1. The van der Waals surface area contributed by atoms with Crippen molar-refractivity contribution in [3.63, 3.8) is 0 Å². The molecule has 0 bridgehead atoms. The van der Waals surface area contributed by atoms with E-state index < -0.39 is 0 Å². The Hall–Kier alpha value is -1.48. The van der Waals surface area contributed by atoms with Crippen molar-refractivity contribution in [1.82, 2.24) is 4.98 Å². The number of benzene rings is 1. The summed E-state index contributed by atoms with van der Waals surface area (Å²) in [5.41, 5.74) is 9.99. The van der Waals surface area contributed by atoms with E-state index in [4.69, 9.17) is 10.5 Å². The molecule has 0 aliphatic carbocycles. The summed E-state index contributed by atoms with van der Waals surface area (Å²) in [7, 11) is 0. The summed E-state index contributed by atoms with van der Waals surface area (Å²) in [5.74, 6) is 1.06. The Balaban J connectivity index is 2.09. The van der Waals surface area contributed by atoms with Crippen LogP contribution in [0.4, 0.5) is 0 Å². The van der Waals surface area contributed by atoms with Gasteiger partial charge in [-0.1, -0.05) is 6.92 Å². The van der Waals surface area contributed by atoms with E-state index in [1.165, 1.54) is 22.0 Å². The maximum Gasteiger partial charge on any atom is 0.123 e. The van der Waals surface area contributed by atoms with Crippen molar-refractivity contribution < 1.29 is 4.74 Å². The maximum absolute atomic E-state index is 6.09. The lowest BCUT2D eigenvalue weighted by molar-refractivity contribution is 0.289. The molecular formula is C15H20N2O. The van der Waals surface area contributed by atoms with Crippen molar-refractivity contribution in [3.05, 3.63) is 29.5 Å². The molecule has 0 spiro atoms. The molecule has 2 heterocycles. The number of fused-ring (bicyclic) bond motifs is 3. The normalized spacial score (nSPS) is 16.3. The number of aromatic amines is 1. The van der Waals surface area contributed by atoms with Crippen LogP contribution in [0.2, 0.25) is 0 Å². The first kappa shape index (κ1) is 11.6. The predicted molar refractivity (Wildman–Crippen MR) is 74.1 cm³/mol. The fourth-order valence-corrected chi connectivity index (χ4v) is 2.76. The monoisotopic (exact) mass is 244 g/mol. The van der Waals surface area contributed by atoms with Crippen LogP contribution in [0.1, 0.15) is 30.9 Å². The first-order chi connectivity index (χ1) is 8.79. The second kappa shape index (κ2) is 4.65. The van der Waals surface area contributed by atoms with Crippen LogP contribution in [0.25, 0.3) is 10.9 Å². The number of hydrogen-bond acceptors (Lipinski definition) is 2. The first-order valence-electron chi connectivity index (χ1n) is 6.79. The largest absolute Gasteiger partial charge is 0.493 e. The van der Waals surface area contributed by atoms with E-state index >= 15 is 0 Å². The molecule has 0 unspecified atom stereocenters. The molecule has 3 heteroatoms. The Morgan fingerprint density at radius 1 is 1.44 bits per heavy atom. The lowest BCUT2D eigenvalue weighted by atomic mass is 9.96. The summed E-state index contributed by atoms with van der Waals surface area (Å²) >= 11 is 0. The molecule has 0 saturated carbocycles. The van der Waals surface area contributed by atoms with E-state index in [1.54, 1.807) is 0 Å². The van der Waals surface area contributed by atoms with Crippen LogP contribution in [-0.2, 0) is 12.8 Å². The molecule has 3 N–H and O–H groups in total. The Labute approximate surface area is 107 Å². The number of H-pyrrole nitrogens is 1. The van der Waals surface area contributed by atoms with Crippen LogP contribution in [-0.4, -0.2) is 17.6 Å². The number of nitrogens with one attached hydrogen (secondary N) is 1. The van der Waals surface area contributed by atoms with Crippen LogP contribution in [0.3, 0.4) is 0 Å². The minimum Gasteiger partial charge on any atom is -0.493 e.